The molecule has 1 saturated heterocycles. The van der Waals surface area contributed by atoms with E-state index in [4.69, 9.17) is 0 Å². The van der Waals surface area contributed by atoms with Crippen LogP contribution in [-0.2, 0) is 0 Å². The van der Waals surface area contributed by atoms with Gasteiger partial charge in [0, 0.05) is 32.2 Å². The highest BCUT2D eigenvalue weighted by Crippen LogP contribution is 2.13. The van der Waals surface area contributed by atoms with Crippen LogP contribution in [0.15, 0.2) is 24.3 Å². The van der Waals surface area contributed by atoms with Gasteiger partial charge in [-0.1, -0.05) is 12.1 Å². The van der Waals surface area contributed by atoms with E-state index in [1.807, 2.05) is 6.07 Å². The average Bonchev–Trinajstić information content (AvgIpc) is 2.45. The highest BCUT2D eigenvalue weighted by Gasteiger charge is 2.13. The van der Waals surface area contributed by atoms with Crippen LogP contribution < -0.4 is 5.32 Å². The Bertz CT molecular complexity index is 402. The van der Waals surface area contributed by atoms with E-state index in [1.54, 1.807) is 12.1 Å². The zero-order chi connectivity index (χ0) is 14.4. The first-order valence-electron chi connectivity index (χ1n) is 7.55. The molecule has 0 aromatic heterocycles. The van der Waals surface area contributed by atoms with E-state index in [1.165, 1.54) is 32.2 Å². The van der Waals surface area contributed by atoms with E-state index >= 15 is 0 Å². The number of halogens is 1. The summed E-state index contributed by atoms with van der Waals surface area (Å²) < 4.78 is 13.2. The number of nitrogens with one attached hydrogen (secondary N) is 1. The van der Waals surface area contributed by atoms with Crippen molar-refractivity contribution in [2.24, 2.45) is 0 Å². The Balaban J connectivity index is 1.63. The van der Waals surface area contributed by atoms with Gasteiger partial charge < -0.3 is 15.1 Å². The van der Waals surface area contributed by atoms with E-state index in [9.17, 15) is 4.39 Å². The molecule has 4 heteroatoms. The summed E-state index contributed by atoms with van der Waals surface area (Å²) in [6.45, 7) is 8.91. The lowest BCUT2D eigenvalue weighted by molar-refractivity contribution is 0.152. The monoisotopic (exact) mass is 279 g/mol. The predicted octanol–water partition coefficient (Wildman–Crippen LogP) is 2.11. The molecule has 0 radical (unpaired) electrons. The van der Waals surface area contributed by atoms with Crippen LogP contribution >= 0.6 is 0 Å². The lowest BCUT2D eigenvalue weighted by atomic mass is 10.1. The third-order valence-corrected chi connectivity index (χ3v) is 4.05. The fourth-order valence-corrected chi connectivity index (χ4v) is 2.59. The van der Waals surface area contributed by atoms with E-state index in [2.05, 4.69) is 29.1 Å². The molecule has 20 heavy (non-hydrogen) atoms. The molecular weight excluding hydrogens is 253 g/mol. The summed E-state index contributed by atoms with van der Waals surface area (Å²) in [5.41, 5.74) is 1.02. The minimum atomic E-state index is -0.159. The largest absolute Gasteiger partial charge is 0.310 e. The molecule has 1 fully saturated rings. The first-order valence-corrected chi connectivity index (χ1v) is 7.55. The Kier molecular flexibility index (Phi) is 5.95. The minimum absolute atomic E-state index is 0.159. The molecule has 1 unspecified atom stereocenters. The SMILES string of the molecule is CC(NCCCN1CCN(C)CC1)c1cccc(F)c1. The van der Waals surface area contributed by atoms with E-state index < -0.39 is 0 Å². The Morgan fingerprint density at radius 2 is 2.00 bits per heavy atom. The Hall–Kier alpha value is -0.970. The van der Waals surface area contributed by atoms with Crippen molar-refractivity contribution in [1.82, 2.24) is 15.1 Å². The molecule has 1 heterocycles. The van der Waals surface area contributed by atoms with Crippen LogP contribution in [0.2, 0.25) is 0 Å². The molecule has 0 aliphatic carbocycles. The number of rotatable bonds is 6. The lowest BCUT2D eigenvalue weighted by Gasteiger charge is -2.32. The number of hydrogen-bond donors (Lipinski definition) is 1. The highest BCUT2D eigenvalue weighted by atomic mass is 19.1. The molecule has 1 N–H and O–H groups in total. The molecule has 0 spiro atoms. The third kappa shape index (κ3) is 4.85. The lowest BCUT2D eigenvalue weighted by Crippen LogP contribution is -2.45. The number of benzene rings is 1. The zero-order valence-electron chi connectivity index (χ0n) is 12.6. The number of nitrogens with zero attached hydrogens (tertiary/aromatic N) is 2. The zero-order valence-corrected chi connectivity index (χ0v) is 12.6. The van der Waals surface area contributed by atoms with Gasteiger partial charge in [0.25, 0.3) is 0 Å². The van der Waals surface area contributed by atoms with Gasteiger partial charge in [-0.15, -0.1) is 0 Å². The molecular formula is C16H26FN3. The maximum absolute atomic E-state index is 13.2. The smallest absolute Gasteiger partial charge is 0.123 e. The van der Waals surface area contributed by atoms with E-state index in [0.29, 0.717) is 0 Å². The molecule has 0 bridgehead atoms. The molecule has 3 nitrogen and oxygen atoms in total. The molecule has 1 aliphatic rings. The van der Waals surface area contributed by atoms with Crippen molar-refractivity contribution in [1.29, 1.82) is 0 Å². The van der Waals surface area contributed by atoms with Gasteiger partial charge >= 0.3 is 0 Å². The quantitative estimate of drug-likeness (QED) is 0.805. The molecule has 112 valence electrons. The summed E-state index contributed by atoms with van der Waals surface area (Å²) in [6, 6.07) is 7.05. The molecule has 1 atom stereocenters. The van der Waals surface area contributed by atoms with Crippen molar-refractivity contribution < 1.29 is 4.39 Å². The summed E-state index contributed by atoms with van der Waals surface area (Å²) in [5, 5.41) is 3.47. The van der Waals surface area contributed by atoms with E-state index in [0.717, 1.165) is 25.1 Å². The van der Waals surface area contributed by atoms with Gasteiger partial charge in [0.2, 0.25) is 0 Å². The van der Waals surface area contributed by atoms with Crippen molar-refractivity contribution in [2.45, 2.75) is 19.4 Å². The maximum Gasteiger partial charge on any atom is 0.123 e. The summed E-state index contributed by atoms with van der Waals surface area (Å²) >= 11 is 0. The van der Waals surface area contributed by atoms with Crippen LogP contribution in [0.1, 0.15) is 24.9 Å². The Morgan fingerprint density at radius 3 is 2.70 bits per heavy atom. The summed E-state index contributed by atoms with van der Waals surface area (Å²) in [6.07, 6.45) is 1.14. The second-order valence-electron chi connectivity index (χ2n) is 5.73. The summed E-state index contributed by atoms with van der Waals surface area (Å²) in [5.74, 6) is -0.159. The Labute approximate surface area is 121 Å². The van der Waals surface area contributed by atoms with E-state index in [-0.39, 0.29) is 11.9 Å². The highest BCUT2D eigenvalue weighted by molar-refractivity contribution is 5.19. The van der Waals surface area contributed by atoms with Crippen molar-refractivity contribution in [3.05, 3.63) is 35.6 Å². The van der Waals surface area contributed by atoms with Gasteiger partial charge in [-0.2, -0.15) is 0 Å². The molecule has 0 amide bonds. The van der Waals surface area contributed by atoms with Crippen molar-refractivity contribution in [2.75, 3.05) is 46.3 Å². The van der Waals surface area contributed by atoms with Crippen LogP contribution in [0, 0.1) is 5.82 Å². The van der Waals surface area contributed by atoms with Gasteiger partial charge in [0.1, 0.15) is 5.82 Å². The van der Waals surface area contributed by atoms with Crippen LogP contribution in [0.5, 0.6) is 0 Å². The second-order valence-corrected chi connectivity index (χ2v) is 5.73. The van der Waals surface area contributed by atoms with Crippen LogP contribution in [-0.4, -0.2) is 56.1 Å². The van der Waals surface area contributed by atoms with Gasteiger partial charge in [0.15, 0.2) is 0 Å². The molecule has 1 aromatic carbocycles. The normalized spacial score (nSPS) is 19.1. The summed E-state index contributed by atoms with van der Waals surface area (Å²) in [7, 11) is 2.18. The minimum Gasteiger partial charge on any atom is -0.310 e. The van der Waals surface area contributed by atoms with Crippen molar-refractivity contribution in [3.63, 3.8) is 0 Å². The van der Waals surface area contributed by atoms with Crippen molar-refractivity contribution >= 4 is 0 Å². The molecule has 2 rings (SSSR count). The molecule has 1 aromatic rings. The van der Waals surface area contributed by atoms with Gasteiger partial charge in [-0.05, 0) is 51.2 Å². The fraction of sp³-hybridized carbons (Fsp3) is 0.625. The topological polar surface area (TPSA) is 18.5 Å². The number of hydrogen-bond acceptors (Lipinski definition) is 3. The number of likely N-dealkylation sites (N-methyl/N-ethyl adjacent to an activating group) is 1. The fourth-order valence-electron chi connectivity index (χ4n) is 2.59. The predicted molar refractivity (Wildman–Crippen MR) is 81.4 cm³/mol. The standard InChI is InChI=1S/C16H26FN3/c1-14(15-5-3-6-16(17)13-15)18-7-4-8-20-11-9-19(2)10-12-20/h3,5-6,13-14,18H,4,7-12H2,1-2H3. The molecule has 1 aliphatic heterocycles. The van der Waals surface area contributed by atoms with Crippen molar-refractivity contribution in [3.8, 4) is 0 Å². The molecule has 0 saturated carbocycles. The summed E-state index contributed by atoms with van der Waals surface area (Å²) in [4.78, 5) is 4.90. The maximum atomic E-state index is 13.2. The van der Waals surface area contributed by atoms with Gasteiger partial charge in [-0.3, -0.25) is 0 Å². The second kappa shape index (κ2) is 7.72. The third-order valence-electron chi connectivity index (χ3n) is 4.05. The van der Waals surface area contributed by atoms with Crippen LogP contribution in [0.25, 0.3) is 0 Å². The van der Waals surface area contributed by atoms with Crippen LogP contribution in [0.3, 0.4) is 0 Å². The number of piperazine rings is 1. The van der Waals surface area contributed by atoms with Crippen LogP contribution in [0.4, 0.5) is 4.39 Å². The first kappa shape index (κ1) is 15.4. The van der Waals surface area contributed by atoms with Gasteiger partial charge in [0.05, 0.1) is 0 Å². The first-order chi connectivity index (χ1) is 9.65. The Morgan fingerprint density at radius 1 is 1.25 bits per heavy atom. The van der Waals surface area contributed by atoms with Gasteiger partial charge in [-0.25, -0.2) is 4.39 Å². The average molecular weight is 279 g/mol.